The van der Waals surface area contributed by atoms with Crippen molar-refractivity contribution in [3.63, 3.8) is 0 Å². The van der Waals surface area contributed by atoms with Crippen LogP contribution in [0.3, 0.4) is 0 Å². The van der Waals surface area contributed by atoms with Crippen molar-refractivity contribution in [2.75, 3.05) is 0 Å². The van der Waals surface area contributed by atoms with Crippen LogP contribution >= 0.6 is 24.0 Å². The van der Waals surface area contributed by atoms with Crippen molar-refractivity contribution in [3.05, 3.63) is 58.3 Å². The van der Waals surface area contributed by atoms with E-state index >= 15 is 0 Å². The molecule has 1 fully saturated rings. The average Bonchev–Trinajstić information content (AvgIpc) is 2.77. The first-order chi connectivity index (χ1) is 11.8. The molecule has 1 aromatic carbocycles. The summed E-state index contributed by atoms with van der Waals surface area (Å²) in [5, 5.41) is 9.49. The molecule has 2 heterocycles. The number of ether oxygens (including phenoxy) is 1. The Kier molecular flexibility index (Phi) is 4.56. The van der Waals surface area contributed by atoms with E-state index in [1.54, 1.807) is 18.2 Å². The lowest BCUT2D eigenvalue weighted by Crippen LogP contribution is -2.27. The number of thioether (sulfide) groups is 1. The number of carbonyl (C=O) groups excluding carboxylic acids is 3. The first-order valence-corrected chi connectivity index (χ1v) is 8.30. The lowest BCUT2D eigenvalue weighted by Gasteiger charge is -2.14. The van der Waals surface area contributed by atoms with E-state index in [4.69, 9.17) is 17.0 Å². The van der Waals surface area contributed by atoms with Crippen LogP contribution in [-0.4, -0.2) is 32.0 Å². The Morgan fingerprint density at radius 3 is 2.72 bits per heavy atom. The fourth-order valence-corrected chi connectivity index (χ4v) is 3.40. The molecule has 0 aliphatic carbocycles. The predicted molar refractivity (Wildman–Crippen MR) is 96.1 cm³/mol. The summed E-state index contributed by atoms with van der Waals surface area (Å²) in [5.41, 5.74) is 0.361. The van der Waals surface area contributed by atoms with Crippen LogP contribution in [0.4, 0.5) is 0 Å². The van der Waals surface area contributed by atoms with Crippen molar-refractivity contribution in [1.82, 2.24) is 4.90 Å². The number of aromatic hydroxyl groups is 1. The molecule has 2 aliphatic rings. The van der Waals surface area contributed by atoms with E-state index in [1.165, 1.54) is 25.1 Å². The average molecular weight is 373 g/mol. The number of ketones is 1. The number of thiocarbonyl (C=S) groups is 1. The zero-order valence-electron chi connectivity index (χ0n) is 12.9. The second kappa shape index (κ2) is 6.66. The molecule has 0 saturated carbocycles. The molecule has 126 valence electrons. The molecule has 0 bridgehead atoms. The Morgan fingerprint density at radius 2 is 2.04 bits per heavy atom. The first kappa shape index (κ1) is 17.1. The lowest BCUT2D eigenvalue weighted by molar-refractivity contribution is -0.137. The van der Waals surface area contributed by atoms with Gasteiger partial charge in [-0.3, -0.25) is 14.5 Å². The molecule has 8 heteroatoms. The largest absolute Gasteiger partial charge is 0.508 e. The van der Waals surface area contributed by atoms with Crippen molar-refractivity contribution in [1.29, 1.82) is 0 Å². The van der Waals surface area contributed by atoms with Gasteiger partial charge in [0.1, 0.15) is 17.1 Å². The Morgan fingerprint density at radius 1 is 1.28 bits per heavy atom. The third-order valence-corrected chi connectivity index (χ3v) is 4.65. The highest BCUT2D eigenvalue weighted by Gasteiger charge is 2.34. The van der Waals surface area contributed by atoms with Crippen molar-refractivity contribution in [2.45, 2.75) is 6.92 Å². The van der Waals surface area contributed by atoms with Crippen LogP contribution in [0.1, 0.15) is 12.5 Å². The molecule has 1 saturated heterocycles. The number of hydrogen-bond donors (Lipinski definition) is 1. The van der Waals surface area contributed by atoms with Gasteiger partial charge in [-0.1, -0.05) is 36.1 Å². The van der Waals surface area contributed by atoms with E-state index in [0.29, 0.717) is 10.5 Å². The Balaban J connectivity index is 1.91. The molecule has 1 aromatic rings. The molecule has 6 nitrogen and oxygen atoms in total. The number of allylic oxidation sites excluding steroid dienone is 2. The molecule has 1 amide bonds. The predicted octanol–water partition coefficient (Wildman–Crippen LogP) is 2.51. The molecule has 2 aliphatic heterocycles. The van der Waals surface area contributed by atoms with Gasteiger partial charge in [0.25, 0.3) is 5.91 Å². The molecule has 0 unspecified atom stereocenters. The summed E-state index contributed by atoms with van der Waals surface area (Å²) < 4.78 is 5.08. The Labute approximate surface area is 152 Å². The van der Waals surface area contributed by atoms with Crippen LogP contribution < -0.4 is 0 Å². The van der Waals surface area contributed by atoms with Gasteiger partial charge >= 0.3 is 5.97 Å². The number of cyclic esters (lactones) is 1. The van der Waals surface area contributed by atoms with Gasteiger partial charge in [0, 0.05) is 12.3 Å². The zero-order chi connectivity index (χ0) is 18.1. The van der Waals surface area contributed by atoms with Crippen LogP contribution in [0, 0.1) is 0 Å². The second-order valence-electron chi connectivity index (χ2n) is 5.20. The second-order valence-corrected chi connectivity index (χ2v) is 6.87. The SMILES string of the molecule is CC1=CC(=O)C(=CN2C(=O)/C(=C\c3cccc(O)c3)SC2=S)C(=O)O1. The van der Waals surface area contributed by atoms with Crippen molar-refractivity contribution in [3.8, 4) is 5.75 Å². The van der Waals surface area contributed by atoms with Crippen LogP contribution in [-0.2, 0) is 19.1 Å². The minimum atomic E-state index is -0.823. The standard InChI is InChI=1S/C17H11NO5S2/c1-9-5-13(20)12(16(22)23-9)8-18-15(21)14(25-17(18)24)7-10-3-2-4-11(19)6-10/h2-8,19H,1H3/b12-8?,14-7+. The number of nitrogens with zero attached hydrogens (tertiary/aromatic N) is 1. The number of benzene rings is 1. The maximum Gasteiger partial charge on any atom is 0.348 e. The summed E-state index contributed by atoms with van der Waals surface area (Å²) >= 11 is 6.20. The van der Waals surface area contributed by atoms with Gasteiger partial charge in [0.15, 0.2) is 10.1 Å². The highest BCUT2D eigenvalue weighted by molar-refractivity contribution is 8.26. The first-order valence-electron chi connectivity index (χ1n) is 7.08. The van der Waals surface area contributed by atoms with Gasteiger partial charge in [0.2, 0.25) is 0 Å². The monoisotopic (exact) mass is 373 g/mol. The minimum absolute atomic E-state index is 0.0732. The number of carbonyl (C=O) groups is 3. The normalized spacial score (nSPS) is 21.2. The zero-order valence-corrected chi connectivity index (χ0v) is 14.5. The number of esters is 1. The summed E-state index contributed by atoms with van der Waals surface area (Å²) in [6.45, 7) is 1.49. The maximum atomic E-state index is 12.5. The van der Waals surface area contributed by atoms with Gasteiger partial charge in [0.05, 0.1) is 4.91 Å². The highest BCUT2D eigenvalue weighted by Crippen LogP contribution is 2.34. The van der Waals surface area contributed by atoms with E-state index in [-0.39, 0.29) is 21.4 Å². The van der Waals surface area contributed by atoms with E-state index in [2.05, 4.69) is 0 Å². The van der Waals surface area contributed by atoms with Gasteiger partial charge in [-0.15, -0.1) is 0 Å². The van der Waals surface area contributed by atoms with Crippen LogP contribution in [0.2, 0.25) is 0 Å². The van der Waals surface area contributed by atoms with Gasteiger partial charge in [-0.05, 0) is 30.7 Å². The Bertz CT molecular complexity index is 913. The fourth-order valence-electron chi connectivity index (χ4n) is 2.20. The lowest BCUT2D eigenvalue weighted by atomic mass is 10.1. The van der Waals surface area contributed by atoms with E-state index in [1.807, 2.05) is 0 Å². The van der Waals surface area contributed by atoms with Crippen molar-refractivity contribution >= 4 is 52.0 Å². The number of phenols is 1. The molecular weight excluding hydrogens is 362 g/mol. The summed E-state index contributed by atoms with van der Waals surface area (Å²) in [4.78, 5) is 37.7. The van der Waals surface area contributed by atoms with Crippen LogP contribution in [0.25, 0.3) is 6.08 Å². The number of rotatable bonds is 2. The minimum Gasteiger partial charge on any atom is -0.508 e. The third kappa shape index (κ3) is 3.54. The molecule has 0 atom stereocenters. The number of phenolic OH excluding ortho intramolecular Hbond substituents is 1. The van der Waals surface area contributed by atoms with Crippen LogP contribution in [0.15, 0.2) is 52.8 Å². The van der Waals surface area contributed by atoms with E-state index in [9.17, 15) is 19.5 Å². The fraction of sp³-hybridized carbons (Fsp3) is 0.0588. The Hall–Kier alpha value is -2.71. The topological polar surface area (TPSA) is 83.9 Å². The van der Waals surface area contributed by atoms with Gasteiger partial charge in [-0.2, -0.15) is 0 Å². The number of hydrogen-bond acceptors (Lipinski definition) is 7. The summed E-state index contributed by atoms with van der Waals surface area (Å²) in [6.07, 6.45) is 3.85. The molecule has 25 heavy (non-hydrogen) atoms. The maximum absolute atomic E-state index is 12.5. The molecule has 0 spiro atoms. The molecule has 3 rings (SSSR count). The van der Waals surface area contributed by atoms with E-state index in [0.717, 1.165) is 22.9 Å². The van der Waals surface area contributed by atoms with E-state index < -0.39 is 17.7 Å². The summed E-state index contributed by atoms with van der Waals surface area (Å²) in [6, 6.07) is 6.39. The van der Waals surface area contributed by atoms with Crippen molar-refractivity contribution in [2.24, 2.45) is 0 Å². The highest BCUT2D eigenvalue weighted by atomic mass is 32.2. The molecule has 0 radical (unpaired) electrons. The van der Waals surface area contributed by atoms with Gasteiger partial charge < -0.3 is 9.84 Å². The third-order valence-electron chi connectivity index (χ3n) is 3.32. The summed E-state index contributed by atoms with van der Waals surface area (Å²) in [7, 11) is 0. The van der Waals surface area contributed by atoms with Gasteiger partial charge in [-0.25, -0.2) is 4.79 Å². The molecular formula is C17H11NO5S2. The number of amides is 1. The molecule has 0 aromatic heterocycles. The van der Waals surface area contributed by atoms with Crippen molar-refractivity contribution < 1.29 is 24.2 Å². The summed E-state index contributed by atoms with van der Waals surface area (Å²) in [5.74, 6) is -1.56. The molecule has 1 N–H and O–H groups in total. The quantitative estimate of drug-likeness (QED) is 0.369. The smallest absolute Gasteiger partial charge is 0.348 e. The van der Waals surface area contributed by atoms with Crippen LogP contribution in [0.5, 0.6) is 5.75 Å².